The van der Waals surface area contributed by atoms with Crippen molar-refractivity contribution >= 4 is 0 Å². The molecular weight excluding hydrogens is 264 g/mol. The van der Waals surface area contributed by atoms with Gasteiger partial charge in [0.25, 0.3) is 0 Å². The molecule has 0 heteroatoms. The third-order valence-electron chi connectivity index (χ3n) is 4.05. The number of rotatable bonds is 3. The fourth-order valence-electron chi connectivity index (χ4n) is 2.81. The van der Waals surface area contributed by atoms with E-state index in [4.69, 9.17) is 0 Å². The molecule has 0 nitrogen and oxygen atoms in total. The minimum atomic E-state index is -0.121. The van der Waals surface area contributed by atoms with E-state index in [0.29, 0.717) is 0 Å². The monoisotopic (exact) mass is 288 g/mol. The van der Waals surface area contributed by atoms with Gasteiger partial charge in [-0.3, -0.25) is 0 Å². The molecule has 0 aliphatic carbocycles. The summed E-state index contributed by atoms with van der Waals surface area (Å²) in [6.45, 7) is 6.30. The topological polar surface area (TPSA) is 0 Å². The maximum Gasteiger partial charge on any atom is 0.0423 e. The zero-order chi connectivity index (χ0) is 15.8. The van der Waals surface area contributed by atoms with E-state index < -0.39 is 0 Å². The summed E-state index contributed by atoms with van der Waals surface area (Å²) >= 11 is 0. The van der Waals surface area contributed by atoms with Gasteiger partial charge in [0.05, 0.1) is 0 Å². The normalized spacial score (nSPS) is 10.5. The Morgan fingerprint density at radius 2 is 0.682 bits per heavy atom. The lowest BCUT2D eigenvalue weighted by Crippen LogP contribution is -2.25. The Labute approximate surface area is 134 Å². The van der Waals surface area contributed by atoms with Gasteiger partial charge in [0.1, 0.15) is 0 Å². The minimum absolute atomic E-state index is 0.121. The van der Waals surface area contributed by atoms with Gasteiger partial charge in [0, 0.05) is 5.41 Å². The lowest BCUT2D eigenvalue weighted by molar-refractivity contribution is 0.692. The average molecular weight is 288 g/mol. The number of hydrogen-bond donors (Lipinski definition) is 0. The summed E-state index contributed by atoms with van der Waals surface area (Å²) in [4.78, 5) is 0. The van der Waals surface area contributed by atoms with Crippen molar-refractivity contribution in [2.45, 2.75) is 26.2 Å². The van der Waals surface area contributed by atoms with E-state index in [2.05, 4.69) is 97.9 Å². The minimum Gasteiger partial charge on any atom is -0.0683 e. The fraction of sp³-hybridized carbons (Fsp3) is 0.182. The predicted molar refractivity (Wildman–Crippen MR) is 96.2 cm³/mol. The second-order valence-electron chi connectivity index (χ2n) is 5.22. The summed E-state index contributed by atoms with van der Waals surface area (Å²) in [5, 5.41) is 0. The van der Waals surface area contributed by atoms with Crippen LogP contribution in [0.5, 0.6) is 0 Å². The van der Waals surface area contributed by atoms with Crippen LogP contribution in [0.2, 0.25) is 0 Å². The van der Waals surface area contributed by atoms with Crippen molar-refractivity contribution < 1.29 is 0 Å². The van der Waals surface area contributed by atoms with Crippen LogP contribution in [0.15, 0.2) is 91.0 Å². The van der Waals surface area contributed by atoms with Crippen molar-refractivity contribution in [2.24, 2.45) is 0 Å². The Balaban J connectivity index is 0.000000847. The third-order valence-corrected chi connectivity index (χ3v) is 4.05. The third kappa shape index (κ3) is 3.12. The Kier molecular flexibility index (Phi) is 5.55. The molecule has 0 unspecified atom stereocenters. The van der Waals surface area contributed by atoms with E-state index in [-0.39, 0.29) is 5.41 Å². The van der Waals surface area contributed by atoms with Crippen molar-refractivity contribution in [2.75, 3.05) is 0 Å². The zero-order valence-corrected chi connectivity index (χ0v) is 13.7. The number of hydrogen-bond acceptors (Lipinski definition) is 0. The zero-order valence-electron chi connectivity index (χ0n) is 13.7. The standard InChI is InChI=1S/C20H18.C2H6/c1-20(17-11-5-2-6-12-17,18-13-7-3-8-14-18)19-15-9-4-10-16-19;1-2/h2-16H,1H3;1-2H3. The van der Waals surface area contributed by atoms with Crippen molar-refractivity contribution in [1.29, 1.82) is 0 Å². The molecule has 3 rings (SSSR count). The molecule has 22 heavy (non-hydrogen) atoms. The second-order valence-corrected chi connectivity index (χ2v) is 5.22. The molecule has 0 atom stereocenters. The molecule has 112 valence electrons. The Morgan fingerprint density at radius 1 is 0.455 bits per heavy atom. The van der Waals surface area contributed by atoms with E-state index in [0.717, 1.165) is 0 Å². The molecular formula is C22H24. The summed E-state index contributed by atoms with van der Waals surface area (Å²) in [5.41, 5.74) is 3.83. The van der Waals surface area contributed by atoms with Crippen molar-refractivity contribution in [3.8, 4) is 0 Å². The first-order valence-corrected chi connectivity index (χ1v) is 7.98. The van der Waals surface area contributed by atoms with E-state index in [1.54, 1.807) is 0 Å². The molecule has 0 radical (unpaired) electrons. The van der Waals surface area contributed by atoms with Gasteiger partial charge in [0.15, 0.2) is 0 Å². The molecule has 0 spiro atoms. The lowest BCUT2D eigenvalue weighted by Gasteiger charge is -2.31. The van der Waals surface area contributed by atoms with Gasteiger partial charge in [0.2, 0.25) is 0 Å². The van der Waals surface area contributed by atoms with Gasteiger partial charge in [-0.1, -0.05) is 105 Å². The van der Waals surface area contributed by atoms with E-state index in [9.17, 15) is 0 Å². The largest absolute Gasteiger partial charge is 0.0683 e. The van der Waals surface area contributed by atoms with Gasteiger partial charge in [-0.15, -0.1) is 0 Å². The van der Waals surface area contributed by atoms with E-state index >= 15 is 0 Å². The average Bonchev–Trinajstić information content (AvgIpc) is 2.65. The summed E-state index contributed by atoms with van der Waals surface area (Å²) < 4.78 is 0. The highest BCUT2D eigenvalue weighted by Gasteiger charge is 2.30. The van der Waals surface area contributed by atoms with Gasteiger partial charge in [-0.25, -0.2) is 0 Å². The van der Waals surface area contributed by atoms with Crippen LogP contribution < -0.4 is 0 Å². The van der Waals surface area contributed by atoms with Crippen molar-refractivity contribution in [3.63, 3.8) is 0 Å². The van der Waals surface area contributed by atoms with E-state index in [1.807, 2.05) is 13.8 Å². The highest BCUT2D eigenvalue weighted by Crippen LogP contribution is 2.38. The first kappa shape index (κ1) is 16.0. The first-order chi connectivity index (χ1) is 10.8. The summed E-state index contributed by atoms with van der Waals surface area (Å²) in [6.07, 6.45) is 0. The van der Waals surface area contributed by atoms with Crippen LogP contribution >= 0.6 is 0 Å². The lowest BCUT2D eigenvalue weighted by atomic mass is 9.71. The highest BCUT2D eigenvalue weighted by atomic mass is 14.3. The maximum atomic E-state index is 2.30. The van der Waals surface area contributed by atoms with Crippen LogP contribution in [0, 0.1) is 0 Å². The molecule has 0 amide bonds. The quantitative estimate of drug-likeness (QED) is 0.513. The fourth-order valence-corrected chi connectivity index (χ4v) is 2.81. The highest BCUT2D eigenvalue weighted by molar-refractivity contribution is 5.49. The van der Waals surface area contributed by atoms with Crippen LogP contribution in [-0.2, 0) is 5.41 Å². The van der Waals surface area contributed by atoms with Crippen LogP contribution in [0.25, 0.3) is 0 Å². The van der Waals surface area contributed by atoms with Gasteiger partial charge in [-0.05, 0) is 23.6 Å². The Hall–Kier alpha value is -2.34. The summed E-state index contributed by atoms with van der Waals surface area (Å²) in [6, 6.07) is 32.1. The molecule has 0 saturated carbocycles. The molecule has 0 bridgehead atoms. The van der Waals surface area contributed by atoms with E-state index in [1.165, 1.54) is 16.7 Å². The van der Waals surface area contributed by atoms with Crippen LogP contribution in [0.1, 0.15) is 37.5 Å². The molecule has 0 N–H and O–H groups in total. The Bertz CT molecular complexity index is 558. The molecule has 3 aromatic rings. The molecule has 0 aromatic heterocycles. The maximum absolute atomic E-state index is 2.30. The SMILES string of the molecule is CC.CC(c1ccccc1)(c1ccccc1)c1ccccc1. The van der Waals surface area contributed by atoms with Crippen molar-refractivity contribution in [1.82, 2.24) is 0 Å². The van der Waals surface area contributed by atoms with Crippen LogP contribution in [-0.4, -0.2) is 0 Å². The molecule has 0 heterocycles. The van der Waals surface area contributed by atoms with Gasteiger partial charge in [-0.2, -0.15) is 0 Å². The molecule has 0 aliphatic rings. The second kappa shape index (κ2) is 7.61. The number of benzene rings is 3. The predicted octanol–water partition coefficient (Wildman–Crippen LogP) is 6.07. The Morgan fingerprint density at radius 3 is 0.909 bits per heavy atom. The molecule has 0 aliphatic heterocycles. The van der Waals surface area contributed by atoms with Gasteiger partial charge < -0.3 is 0 Å². The van der Waals surface area contributed by atoms with Crippen molar-refractivity contribution in [3.05, 3.63) is 108 Å². The van der Waals surface area contributed by atoms with Gasteiger partial charge >= 0.3 is 0 Å². The first-order valence-electron chi connectivity index (χ1n) is 7.98. The molecule has 3 aromatic carbocycles. The molecule has 0 fully saturated rings. The summed E-state index contributed by atoms with van der Waals surface area (Å²) in [5.74, 6) is 0. The summed E-state index contributed by atoms with van der Waals surface area (Å²) in [7, 11) is 0. The smallest absolute Gasteiger partial charge is 0.0423 e. The van der Waals surface area contributed by atoms with Crippen LogP contribution in [0.3, 0.4) is 0 Å². The molecule has 0 saturated heterocycles. The van der Waals surface area contributed by atoms with Crippen LogP contribution in [0.4, 0.5) is 0 Å².